The molecule has 0 spiro atoms. The number of aromatic nitrogens is 1. The van der Waals surface area contributed by atoms with Crippen LogP contribution in [0.2, 0.25) is 0 Å². The predicted octanol–water partition coefficient (Wildman–Crippen LogP) is 3.99. The van der Waals surface area contributed by atoms with E-state index in [0.29, 0.717) is 11.6 Å². The first-order valence-electron chi connectivity index (χ1n) is 6.83. The minimum absolute atomic E-state index is 0.0267. The Labute approximate surface area is 118 Å². The molecule has 0 aliphatic heterocycles. The van der Waals surface area contributed by atoms with Gasteiger partial charge >= 0.3 is 5.69 Å². The Balaban J connectivity index is 2.52. The SMILES string of the molecule is CCC(C)C(C)Nc1c([N+](=O)[O-])cnc2ccccc12. The summed E-state index contributed by atoms with van der Waals surface area (Å²) >= 11 is 0. The molecule has 2 rings (SSSR count). The Morgan fingerprint density at radius 2 is 2.05 bits per heavy atom. The number of rotatable bonds is 5. The molecule has 0 amide bonds. The first-order valence-corrected chi connectivity index (χ1v) is 6.83. The molecule has 5 heteroatoms. The second-order valence-electron chi connectivity index (χ2n) is 5.11. The summed E-state index contributed by atoms with van der Waals surface area (Å²) < 4.78 is 0. The van der Waals surface area contributed by atoms with Crippen LogP contribution in [-0.2, 0) is 0 Å². The van der Waals surface area contributed by atoms with E-state index in [4.69, 9.17) is 0 Å². The van der Waals surface area contributed by atoms with Gasteiger partial charge in [-0.3, -0.25) is 10.1 Å². The predicted molar refractivity (Wildman–Crippen MR) is 80.9 cm³/mol. The van der Waals surface area contributed by atoms with Crippen molar-refractivity contribution in [1.82, 2.24) is 4.98 Å². The lowest BCUT2D eigenvalue weighted by atomic mass is 10.00. The first kappa shape index (κ1) is 14.2. The fourth-order valence-corrected chi connectivity index (χ4v) is 2.14. The summed E-state index contributed by atoms with van der Waals surface area (Å²) in [5.74, 6) is 0.432. The molecule has 0 saturated carbocycles. The molecule has 5 nitrogen and oxygen atoms in total. The number of hydrogen-bond donors (Lipinski definition) is 1. The van der Waals surface area contributed by atoms with Gasteiger partial charge in [0, 0.05) is 11.4 Å². The maximum Gasteiger partial charge on any atom is 0.311 e. The van der Waals surface area contributed by atoms with Crippen LogP contribution in [0.1, 0.15) is 27.2 Å². The number of hydrogen-bond acceptors (Lipinski definition) is 4. The number of para-hydroxylation sites is 1. The summed E-state index contributed by atoms with van der Waals surface area (Å²) in [5, 5.41) is 15.3. The molecule has 0 radical (unpaired) electrons. The number of anilines is 1. The van der Waals surface area contributed by atoms with Crippen molar-refractivity contribution in [3.8, 4) is 0 Å². The Hall–Kier alpha value is -2.17. The zero-order valence-corrected chi connectivity index (χ0v) is 12.0. The summed E-state index contributed by atoms with van der Waals surface area (Å²) in [6.45, 7) is 6.29. The minimum Gasteiger partial charge on any atom is -0.376 e. The van der Waals surface area contributed by atoms with Gasteiger partial charge in [-0.15, -0.1) is 0 Å². The van der Waals surface area contributed by atoms with Gasteiger partial charge in [0.15, 0.2) is 0 Å². The molecule has 20 heavy (non-hydrogen) atoms. The maximum atomic E-state index is 11.2. The molecule has 0 aliphatic carbocycles. The number of fused-ring (bicyclic) bond motifs is 1. The number of benzene rings is 1. The maximum absolute atomic E-state index is 11.2. The molecular formula is C15H19N3O2. The smallest absolute Gasteiger partial charge is 0.311 e. The van der Waals surface area contributed by atoms with Gasteiger partial charge in [0.2, 0.25) is 0 Å². The van der Waals surface area contributed by atoms with Crippen LogP contribution in [0.5, 0.6) is 0 Å². The van der Waals surface area contributed by atoms with E-state index in [0.717, 1.165) is 17.3 Å². The van der Waals surface area contributed by atoms with Gasteiger partial charge in [0.05, 0.1) is 10.4 Å². The van der Waals surface area contributed by atoms with E-state index < -0.39 is 0 Å². The van der Waals surface area contributed by atoms with Crippen molar-refractivity contribution in [2.45, 2.75) is 33.2 Å². The van der Waals surface area contributed by atoms with Crippen molar-refractivity contribution >= 4 is 22.3 Å². The normalized spacial score (nSPS) is 13.9. The van der Waals surface area contributed by atoms with Gasteiger partial charge in [-0.1, -0.05) is 38.5 Å². The minimum atomic E-state index is -0.384. The Morgan fingerprint density at radius 3 is 2.70 bits per heavy atom. The summed E-state index contributed by atoms with van der Waals surface area (Å²) in [6.07, 6.45) is 2.35. The Morgan fingerprint density at radius 1 is 1.35 bits per heavy atom. The molecule has 2 atom stereocenters. The van der Waals surface area contributed by atoms with Crippen LogP contribution < -0.4 is 5.32 Å². The van der Waals surface area contributed by atoms with E-state index in [2.05, 4.69) is 24.1 Å². The highest BCUT2D eigenvalue weighted by Gasteiger charge is 2.20. The third kappa shape index (κ3) is 2.71. The van der Waals surface area contributed by atoms with Crippen LogP contribution in [-0.4, -0.2) is 15.9 Å². The third-order valence-electron chi connectivity index (χ3n) is 3.82. The fraction of sp³-hybridized carbons (Fsp3) is 0.400. The molecule has 0 aliphatic rings. The lowest BCUT2D eigenvalue weighted by Crippen LogP contribution is -2.24. The van der Waals surface area contributed by atoms with Crippen molar-refractivity contribution in [1.29, 1.82) is 0 Å². The van der Waals surface area contributed by atoms with E-state index >= 15 is 0 Å². The van der Waals surface area contributed by atoms with Crippen LogP contribution in [0.4, 0.5) is 11.4 Å². The van der Waals surface area contributed by atoms with Crippen LogP contribution in [0.3, 0.4) is 0 Å². The van der Waals surface area contributed by atoms with Crippen LogP contribution in [0, 0.1) is 16.0 Å². The molecule has 1 N–H and O–H groups in total. The lowest BCUT2D eigenvalue weighted by Gasteiger charge is -2.21. The van der Waals surface area contributed by atoms with Gasteiger partial charge in [-0.05, 0) is 18.9 Å². The van der Waals surface area contributed by atoms with Crippen molar-refractivity contribution < 1.29 is 4.92 Å². The van der Waals surface area contributed by atoms with Gasteiger partial charge in [-0.2, -0.15) is 0 Å². The zero-order chi connectivity index (χ0) is 14.7. The van der Waals surface area contributed by atoms with Crippen LogP contribution >= 0.6 is 0 Å². The summed E-state index contributed by atoms with van der Waals surface area (Å²) in [7, 11) is 0. The molecule has 2 aromatic rings. The summed E-state index contributed by atoms with van der Waals surface area (Å²) in [6, 6.07) is 7.62. The molecule has 1 aromatic carbocycles. The molecule has 1 heterocycles. The van der Waals surface area contributed by atoms with Gasteiger partial charge < -0.3 is 5.32 Å². The van der Waals surface area contributed by atoms with Crippen molar-refractivity contribution in [2.75, 3.05) is 5.32 Å². The monoisotopic (exact) mass is 273 g/mol. The quantitative estimate of drug-likeness (QED) is 0.660. The number of pyridine rings is 1. The number of nitro groups is 1. The average molecular weight is 273 g/mol. The lowest BCUT2D eigenvalue weighted by molar-refractivity contribution is -0.384. The molecule has 0 saturated heterocycles. The van der Waals surface area contributed by atoms with Crippen molar-refractivity contribution in [3.05, 3.63) is 40.6 Å². The topological polar surface area (TPSA) is 68.1 Å². The summed E-state index contributed by atoms with van der Waals surface area (Å²) in [4.78, 5) is 15.0. The highest BCUT2D eigenvalue weighted by molar-refractivity contribution is 5.95. The molecule has 0 bridgehead atoms. The van der Waals surface area contributed by atoms with E-state index in [1.165, 1.54) is 6.20 Å². The van der Waals surface area contributed by atoms with E-state index in [1.807, 2.05) is 31.2 Å². The molecule has 106 valence electrons. The standard InChI is InChI=1S/C15H19N3O2/c1-4-10(2)11(3)17-15-12-7-5-6-8-13(12)16-9-14(15)18(19)20/h5-11H,4H2,1-3H3,(H,16,17). The zero-order valence-electron chi connectivity index (χ0n) is 12.0. The Kier molecular flexibility index (Phi) is 4.17. The van der Waals surface area contributed by atoms with Gasteiger partial charge in [-0.25, -0.2) is 4.98 Å². The number of nitrogens with zero attached hydrogens (tertiary/aromatic N) is 2. The fourth-order valence-electron chi connectivity index (χ4n) is 2.14. The van der Waals surface area contributed by atoms with E-state index in [1.54, 1.807) is 0 Å². The van der Waals surface area contributed by atoms with E-state index in [-0.39, 0.29) is 16.7 Å². The van der Waals surface area contributed by atoms with Gasteiger partial charge in [0.1, 0.15) is 11.9 Å². The third-order valence-corrected chi connectivity index (χ3v) is 3.82. The molecule has 2 unspecified atom stereocenters. The van der Waals surface area contributed by atoms with Crippen molar-refractivity contribution in [2.24, 2.45) is 5.92 Å². The summed E-state index contributed by atoms with van der Waals surface area (Å²) in [5.41, 5.74) is 1.35. The molecule has 1 aromatic heterocycles. The second-order valence-corrected chi connectivity index (χ2v) is 5.11. The van der Waals surface area contributed by atoms with E-state index in [9.17, 15) is 10.1 Å². The van der Waals surface area contributed by atoms with Crippen LogP contribution in [0.15, 0.2) is 30.5 Å². The highest BCUT2D eigenvalue weighted by atomic mass is 16.6. The average Bonchev–Trinajstić information content (AvgIpc) is 2.46. The molecular weight excluding hydrogens is 254 g/mol. The van der Waals surface area contributed by atoms with Crippen LogP contribution in [0.25, 0.3) is 10.9 Å². The molecule has 0 fully saturated rings. The van der Waals surface area contributed by atoms with Crippen molar-refractivity contribution in [3.63, 3.8) is 0 Å². The Bertz CT molecular complexity index is 628. The van der Waals surface area contributed by atoms with Gasteiger partial charge in [0.25, 0.3) is 0 Å². The first-order chi connectivity index (χ1) is 9.54. The second kappa shape index (κ2) is 5.86. The number of nitrogens with one attached hydrogen (secondary N) is 1. The highest BCUT2D eigenvalue weighted by Crippen LogP contribution is 2.32. The largest absolute Gasteiger partial charge is 0.376 e.